The molecule has 3 rings (SSSR count). The first-order chi connectivity index (χ1) is 9.79. The summed E-state index contributed by atoms with van der Waals surface area (Å²) >= 11 is 0. The van der Waals surface area contributed by atoms with Gasteiger partial charge in [-0.15, -0.1) is 10.2 Å². The summed E-state index contributed by atoms with van der Waals surface area (Å²) in [4.78, 5) is 2.49. The van der Waals surface area contributed by atoms with Gasteiger partial charge in [-0.2, -0.15) is 0 Å². The quantitative estimate of drug-likeness (QED) is 0.837. The van der Waals surface area contributed by atoms with E-state index in [1.807, 2.05) is 6.92 Å². The van der Waals surface area contributed by atoms with Gasteiger partial charge in [-0.3, -0.25) is 4.90 Å². The molecule has 1 aliphatic heterocycles. The van der Waals surface area contributed by atoms with Gasteiger partial charge in [0, 0.05) is 19.1 Å². The summed E-state index contributed by atoms with van der Waals surface area (Å²) in [6.07, 6.45) is 2.36. The lowest BCUT2D eigenvalue weighted by Gasteiger charge is -2.41. The highest BCUT2D eigenvalue weighted by Gasteiger charge is 2.30. The summed E-state index contributed by atoms with van der Waals surface area (Å²) in [6, 6.07) is 11.3. The van der Waals surface area contributed by atoms with Gasteiger partial charge in [0.15, 0.2) is 0 Å². The van der Waals surface area contributed by atoms with E-state index in [-0.39, 0.29) is 0 Å². The van der Waals surface area contributed by atoms with Gasteiger partial charge in [-0.05, 0) is 25.3 Å². The van der Waals surface area contributed by atoms with Gasteiger partial charge >= 0.3 is 0 Å². The standard InChI is InChI=1S/C16H22N4/c1-3-10-20-13(2)17-18-16(20)12-19-11-9-15(19)14-7-5-4-6-8-14/h4-8,15H,3,9-12H2,1-2H3/t15-/m0/s1. The first kappa shape index (κ1) is 13.3. The highest BCUT2D eigenvalue weighted by atomic mass is 15.3. The Bertz CT molecular complexity index is 561. The fourth-order valence-electron chi connectivity index (χ4n) is 2.92. The monoisotopic (exact) mass is 270 g/mol. The topological polar surface area (TPSA) is 34.0 Å². The summed E-state index contributed by atoms with van der Waals surface area (Å²) in [6.45, 7) is 7.30. The van der Waals surface area contributed by atoms with Gasteiger partial charge in [0.25, 0.3) is 0 Å². The minimum Gasteiger partial charge on any atom is -0.314 e. The van der Waals surface area contributed by atoms with Crippen LogP contribution < -0.4 is 0 Å². The normalized spacial score (nSPS) is 19.0. The van der Waals surface area contributed by atoms with Crippen molar-refractivity contribution < 1.29 is 0 Å². The molecule has 0 unspecified atom stereocenters. The van der Waals surface area contributed by atoms with Crippen molar-refractivity contribution in [2.75, 3.05) is 6.54 Å². The maximum absolute atomic E-state index is 4.36. The molecular weight excluding hydrogens is 248 g/mol. The number of aromatic nitrogens is 3. The lowest BCUT2D eigenvalue weighted by Crippen LogP contribution is -2.40. The summed E-state index contributed by atoms with van der Waals surface area (Å²) in [5.41, 5.74) is 1.41. The second-order valence-corrected chi connectivity index (χ2v) is 5.50. The first-order valence-corrected chi connectivity index (χ1v) is 7.47. The fourth-order valence-corrected chi connectivity index (χ4v) is 2.92. The molecule has 0 bridgehead atoms. The van der Waals surface area contributed by atoms with Gasteiger partial charge < -0.3 is 4.57 Å². The molecule has 20 heavy (non-hydrogen) atoms. The van der Waals surface area contributed by atoms with E-state index in [1.165, 1.54) is 12.0 Å². The smallest absolute Gasteiger partial charge is 0.147 e. The van der Waals surface area contributed by atoms with Crippen LogP contribution in [0.4, 0.5) is 0 Å². The summed E-state index contributed by atoms with van der Waals surface area (Å²) < 4.78 is 2.25. The highest BCUT2D eigenvalue weighted by molar-refractivity contribution is 5.21. The predicted molar refractivity (Wildman–Crippen MR) is 79.3 cm³/mol. The molecule has 0 spiro atoms. The molecule has 1 aromatic carbocycles. The van der Waals surface area contributed by atoms with E-state index in [0.29, 0.717) is 6.04 Å². The van der Waals surface area contributed by atoms with Crippen LogP contribution >= 0.6 is 0 Å². The third kappa shape index (κ3) is 2.48. The Balaban J connectivity index is 1.72. The van der Waals surface area contributed by atoms with Crippen LogP contribution in [-0.2, 0) is 13.1 Å². The molecule has 1 fully saturated rings. The minimum absolute atomic E-state index is 0.545. The zero-order valence-corrected chi connectivity index (χ0v) is 12.3. The average Bonchev–Trinajstić information content (AvgIpc) is 2.78. The summed E-state index contributed by atoms with van der Waals surface area (Å²) in [5, 5.41) is 8.59. The molecular formula is C16H22N4. The number of hydrogen-bond donors (Lipinski definition) is 0. The van der Waals surface area contributed by atoms with Crippen molar-refractivity contribution in [1.82, 2.24) is 19.7 Å². The Morgan fingerprint density at radius 2 is 2.00 bits per heavy atom. The second-order valence-electron chi connectivity index (χ2n) is 5.50. The SMILES string of the molecule is CCCn1c(C)nnc1CN1CC[C@H]1c1ccccc1. The van der Waals surface area contributed by atoms with Gasteiger partial charge in [-0.25, -0.2) is 0 Å². The minimum atomic E-state index is 0.545. The Labute approximate surface area is 120 Å². The fraction of sp³-hybridized carbons (Fsp3) is 0.500. The van der Waals surface area contributed by atoms with Crippen molar-refractivity contribution in [3.63, 3.8) is 0 Å². The molecule has 1 aliphatic rings. The number of hydrogen-bond acceptors (Lipinski definition) is 3. The Kier molecular flexibility index (Phi) is 3.83. The Hall–Kier alpha value is -1.68. The summed E-state index contributed by atoms with van der Waals surface area (Å²) in [7, 11) is 0. The second kappa shape index (κ2) is 5.75. The van der Waals surface area contributed by atoms with Crippen molar-refractivity contribution in [1.29, 1.82) is 0 Å². The van der Waals surface area contributed by atoms with Gasteiger partial charge in [-0.1, -0.05) is 37.3 Å². The molecule has 106 valence electrons. The summed E-state index contributed by atoms with van der Waals surface area (Å²) in [5.74, 6) is 2.13. The van der Waals surface area contributed by atoms with Crippen molar-refractivity contribution in [3.05, 3.63) is 47.5 Å². The number of rotatable bonds is 5. The van der Waals surface area contributed by atoms with E-state index in [4.69, 9.17) is 0 Å². The molecule has 2 heterocycles. The third-order valence-corrected chi connectivity index (χ3v) is 4.12. The maximum atomic E-state index is 4.36. The van der Waals surface area contributed by atoms with Gasteiger partial charge in [0.1, 0.15) is 11.6 Å². The van der Waals surface area contributed by atoms with Crippen molar-refractivity contribution in [3.8, 4) is 0 Å². The van der Waals surface area contributed by atoms with Crippen molar-refractivity contribution in [2.24, 2.45) is 0 Å². The molecule has 2 aromatic rings. The number of aryl methyl sites for hydroxylation is 1. The lowest BCUT2D eigenvalue weighted by atomic mass is 9.95. The van der Waals surface area contributed by atoms with Crippen molar-refractivity contribution >= 4 is 0 Å². The van der Waals surface area contributed by atoms with E-state index in [9.17, 15) is 0 Å². The molecule has 0 aliphatic carbocycles. The van der Waals surface area contributed by atoms with E-state index in [1.54, 1.807) is 0 Å². The van der Waals surface area contributed by atoms with Crippen LogP contribution in [-0.4, -0.2) is 26.2 Å². The van der Waals surface area contributed by atoms with Gasteiger partial charge in [0.2, 0.25) is 0 Å². The molecule has 0 saturated carbocycles. The number of likely N-dealkylation sites (tertiary alicyclic amines) is 1. The van der Waals surface area contributed by atoms with Crippen LogP contribution in [0.2, 0.25) is 0 Å². The zero-order chi connectivity index (χ0) is 13.9. The van der Waals surface area contributed by atoms with Crippen LogP contribution in [0.15, 0.2) is 30.3 Å². The molecule has 1 atom stereocenters. The first-order valence-electron chi connectivity index (χ1n) is 7.47. The van der Waals surface area contributed by atoms with Crippen LogP contribution in [0.1, 0.15) is 43.0 Å². The molecule has 0 radical (unpaired) electrons. The van der Waals surface area contributed by atoms with Crippen LogP contribution in [0.25, 0.3) is 0 Å². The maximum Gasteiger partial charge on any atom is 0.147 e. The highest BCUT2D eigenvalue weighted by Crippen LogP contribution is 2.34. The Morgan fingerprint density at radius 3 is 2.65 bits per heavy atom. The molecule has 0 N–H and O–H groups in total. The average molecular weight is 270 g/mol. The number of benzene rings is 1. The van der Waals surface area contributed by atoms with Crippen LogP contribution in [0.3, 0.4) is 0 Å². The molecule has 4 nitrogen and oxygen atoms in total. The van der Waals surface area contributed by atoms with Gasteiger partial charge in [0.05, 0.1) is 6.54 Å². The van der Waals surface area contributed by atoms with E-state index in [0.717, 1.165) is 37.7 Å². The predicted octanol–water partition coefficient (Wildman–Crippen LogP) is 2.94. The molecule has 1 saturated heterocycles. The van der Waals surface area contributed by atoms with Crippen LogP contribution in [0, 0.1) is 6.92 Å². The van der Waals surface area contributed by atoms with E-state index < -0.39 is 0 Å². The third-order valence-electron chi connectivity index (χ3n) is 4.12. The molecule has 0 amide bonds. The van der Waals surface area contributed by atoms with E-state index in [2.05, 4.69) is 56.9 Å². The zero-order valence-electron chi connectivity index (χ0n) is 12.3. The molecule has 4 heteroatoms. The molecule has 1 aromatic heterocycles. The number of nitrogens with zero attached hydrogens (tertiary/aromatic N) is 4. The lowest BCUT2D eigenvalue weighted by molar-refractivity contribution is 0.0772. The largest absolute Gasteiger partial charge is 0.314 e. The Morgan fingerprint density at radius 1 is 1.20 bits per heavy atom. The van der Waals surface area contributed by atoms with E-state index >= 15 is 0 Å². The van der Waals surface area contributed by atoms with Crippen molar-refractivity contribution in [2.45, 2.75) is 45.8 Å². The van der Waals surface area contributed by atoms with Crippen LogP contribution in [0.5, 0.6) is 0 Å².